The molecule has 2 N–H and O–H groups in total. The van der Waals surface area contributed by atoms with Crippen molar-refractivity contribution >= 4 is 11.9 Å². The highest BCUT2D eigenvalue weighted by Gasteiger charge is 2.27. The summed E-state index contributed by atoms with van der Waals surface area (Å²) in [5.41, 5.74) is 0. The number of nitrogens with one attached hydrogen (secondary N) is 2. The van der Waals surface area contributed by atoms with Crippen LogP contribution < -0.4 is 10.6 Å². The SMILES string of the molecule is CCOCC(=O)NC(=O)NCC(F)(F)F. The maximum Gasteiger partial charge on any atom is 0.405 e. The van der Waals surface area contributed by atoms with Crippen LogP contribution in [0.4, 0.5) is 18.0 Å². The van der Waals surface area contributed by atoms with Gasteiger partial charge >= 0.3 is 12.2 Å². The van der Waals surface area contributed by atoms with Gasteiger partial charge in [-0.2, -0.15) is 13.2 Å². The Kier molecular flexibility index (Phi) is 5.68. The quantitative estimate of drug-likeness (QED) is 0.732. The molecule has 0 rings (SSSR count). The van der Waals surface area contributed by atoms with Crippen molar-refractivity contribution in [3.8, 4) is 0 Å². The Morgan fingerprint density at radius 1 is 1.33 bits per heavy atom. The molecule has 0 radical (unpaired) electrons. The van der Waals surface area contributed by atoms with Crippen LogP contribution in [0, 0.1) is 0 Å². The second kappa shape index (κ2) is 6.23. The van der Waals surface area contributed by atoms with E-state index in [9.17, 15) is 22.8 Å². The zero-order valence-corrected chi connectivity index (χ0v) is 7.98. The van der Waals surface area contributed by atoms with Crippen LogP contribution in [-0.4, -0.2) is 37.9 Å². The van der Waals surface area contributed by atoms with Crippen LogP contribution >= 0.6 is 0 Å². The van der Waals surface area contributed by atoms with E-state index in [0.29, 0.717) is 0 Å². The highest BCUT2D eigenvalue weighted by atomic mass is 19.4. The molecule has 0 aliphatic carbocycles. The topological polar surface area (TPSA) is 67.4 Å². The summed E-state index contributed by atoms with van der Waals surface area (Å²) in [5.74, 6) is -0.795. The molecular formula is C7H11F3N2O3. The molecule has 15 heavy (non-hydrogen) atoms. The van der Waals surface area contributed by atoms with E-state index >= 15 is 0 Å². The van der Waals surface area contributed by atoms with Gasteiger partial charge in [-0.3, -0.25) is 10.1 Å². The van der Waals surface area contributed by atoms with Crippen molar-refractivity contribution in [1.29, 1.82) is 0 Å². The van der Waals surface area contributed by atoms with Gasteiger partial charge in [0, 0.05) is 6.61 Å². The summed E-state index contributed by atoms with van der Waals surface area (Å²) in [6.07, 6.45) is -4.50. The summed E-state index contributed by atoms with van der Waals surface area (Å²) >= 11 is 0. The van der Waals surface area contributed by atoms with Crippen LogP contribution in [0.3, 0.4) is 0 Å². The Morgan fingerprint density at radius 3 is 2.40 bits per heavy atom. The van der Waals surface area contributed by atoms with Gasteiger partial charge in [-0.05, 0) is 6.92 Å². The normalized spacial score (nSPS) is 10.9. The zero-order valence-electron chi connectivity index (χ0n) is 7.98. The van der Waals surface area contributed by atoms with Crippen molar-refractivity contribution in [3.05, 3.63) is 0 Å². The molecule has 0 aromatic carbocycles. The van der Waals surface area contributed by atoms with Crippen LogP contribution in [-0.2, 0) is 9.53 Å². The molecule has 0 aromatic heterocycles. The number of carbonyl (C=O) groups excluding carboxylic acids is 2. The largest absolute Gasteiger partial charge is 0.405 e. The molecule has 0 aromatic rings. The average molecular weight is 228 g/mol. The zero-order chi connectivity index (χ0) is 11.9. The third-order valence-electron chi connectivity index (χ3n) is 1.14. The lowest BCUT2D eigenvalue weighted by atomic mass is 10.6. The van der Waals surface area contributed by atoms with Crippen LogP contribution in [0.5, 0.6) is 0 Å². The maximum absolute atomic E-state index is 11.6. The standard InChI is InChI=1S/C7H11F3N2O3/c1-2-15-3-5(13)12-6(14)11-4-7(8,9)10/h2-4H2,1H3,(H2,11,12,13,14). The van der Waals surface area contributed by atoms with Gasteiger partial charge in [0.15, 0.2) is 0 Å². The molecule has 0 saturated carbocycles. The Hall–Kier alpha value is -1.31. The lowest BCUT2D eigenvalue weighted by Crippen LogP contribution is -2.44. The van der Waals surface area contributed by atoms with Gasteiger partial charge in [-0.15, -0.1) is 0 Å². The number of alkyl halides is 3. The molecule has 3 amide bonds. The highest BCUT2D eigenvalue weighted by molar-refractivity contribution is 5.94. The van der Waals surface area contributed by atoms with Crippen molar-refractivity contribution < 1.29 is 27.5 Å². The van der Waals surface area contributed by atoms with Crippen molar-refractivity contribution in [1.82, 2.24) is 10.6 Å². The second-order valence-electron chi connectivity index (χ2n) is 2.48. The third-order valence-corrected chi connectivity index (χ3v) is 1.14. The van der Waals surface area contributed by atoms with Crippen LogP contribution in [0.15, 0.2) is 0 Å². The van der Waals surface area contributed by atoms with Gasteiger partial charge in [-0.1, -0.05) is 0 Å². The average Bonchev–Trinajstić information content (AvgIpc) is 2.10. The summed E-state index contributed by atoms with van der Waals surface area (Å²) in [5, 5.41) is 3.15. The number of hydrogen-bond acceptors (Lipinski definition) is 3. The number of ether oxygens (including phenoxy) is 1. The fraction of sp³-hybridized carbons (Fsp3) is 0.714. The number of urea groups is 1. The van der Waals surface area contributed by atoms with Gasteiger partial charge in [0.05, 0.1) is 0 Å². The Morgan fingerprint density at radius 2 is 1.93 bits per heavy atom. The van der Waals surface area contributed by atoms with Gasteiger partial charge < -0.3 is 10.1 Å². The Labute approximate surface area is 84.0 Å². The minimum atomic E-state index is -4.50. The fourth-order valence-corrected chi connectivity index (χ4v) is 0.582. The first-order valence-electron chi connectivity index (χ1n) is 4.07. The number of halogens is 3. The van der Waals surface area contributed by atoms with E-state index in [4.69, 9.17) is 0 Å². The fourth-order valence-electron chi connectivity index (χ4n) is 0.582. The number of imide groups is 1. The highest BCUT2D eigenvalue weighted by Crippen LogP contribution is 2.11. The lowest BCUT2D eigenvalue weighted by Gasteiger charge is -2.08. The van der Waals surface area contributed by atoms with Crippen LogP contribution in [0.2, 0.25) is 0 Å². The smallest absolute Gasteiger partial charge is 0.372 e. The third kappa shape index (κ3) is 9.01. The van der Waals surface area contributed by atoms with Gasteiger partial charge in [0.2, 0.25) is 0 Å². The van der Waals surface area contributed by atoms with E-state index in [-0.39, 0.29) is 13.2 Å². The van der Waals surface area contributed by atoms with E-state index in [2.05, 4.69) is 4.74 Å². The molecule has 88 valence electrons. The Balaban J connectivity index is 3.70. The predicted octanol–water partition coefficient (Wildman–Crippen LogP) is 0.411. The van der Waals surface area contributed by atoms with Crippen molar-refractivity contribution in [2.75, 3.05) is 19.8 Å². The lowest BCUT2D eigenvalue weighted by molar-refractivity contribution is -0.126. The van der Waals surface area contributed by atoms with Crippen molar-refractivity contribution in [3.63, 3.8) is 0 Å². The van der Waals surface area contributed by atoms with Crippen molar-refractivity contribution in [2.24, 2.45) is 0 Å². The first-order chi connectivity index (χ1) is 6.85. The number of hydrogen-bond donors (Lipinski definition) is 2. The maximum atomic E-state index is 11.6. The summed E-state index contributed by atoms with van der Waals surface area (Å²) in [4.78, 5) is 21.4. The second-order valence-corrected chi connectivity index (χ2v) is 2.48. The summed E-state index contributed by atoms with van der Waals surface area (Å²) in [6.45, 7) is 0.0608. The summed E-state index contributed by atoms with van der Waals surface area (Å²) in [7, 11) is 0. The first kappa shape index (κ1) is 13.7. The molecule has 0 unspecified atom stereocenters. The minimum Gasteiger partial charge on any atom is -0.372 e. The molecule has 0 aliphatic rings. The molecule has 0 saturated heterocycles. The number of amides is 3. The molecule has 0 bridgehead atoms. The summed E-state index contributed by atoms with van der Waals surface area (Å²) < 4.78 is 39.4. The molecule has 0 aliphatic heterocycles. The molecule has 0 fully saturated rings. The molecule has 0 spiro atoms. The number of carbonyl (C=O) groups is 2. The molecular weight excluding hydrogens is 217 g/mol. The first-order valence-corrected chi connectivity index (χ1v) is 4.07. The molecule has 0 heterocycles. The van der Waals surface area contributed by atoms with E-state index in [0.717, 1.165) is 0 Å². The molecule has 5 nitrogen and oxygen atoms in total. The van der Waals surface area contributed by atoms with E-state index in [1.165, 1.54) is 5.32 Å². The Bertz CT molecular complexity index is 230. The molecule has 0 atom stereocenters. The number of rotatable bonds is 4. The van der Waals surface area contributed by atoms with Crippen LogP contribution in [0.25, 0.3) is 0 Å². The predicted molar refractivity (Wildman–Crippen MR) is 44.1 cm³/mol. The van der Waals surface area contributed by atoms with Crippen molar-refractivity contribution in [2.45, 2.75) is 13.1 Å². The van der Waals surface area contributed by atoms with E-state index in [1.807, 2.05) is 0 Å². The van der Waals surface area contributed by atoms with Gasteiger partial charge in [0.1, 0.15) is 13.2 Å². The van der Waals surface area contributed by atoms with E-state index in [1.54, 1.807) is 12.2 Å². The van der Waals surface area contributed by atoms with Crippen LogP contribution in [0.1, 0.15) is 6.92 Å². The van der Waals surface area contributed by atoms with E-state index < -0.39 is 24.7 Å². The van der Waals surface area contributed by atoms with Gasteiger partial charge in [-0.25, -0.2) is 4.79 Å². The monoisotopic (exact) mass is 228 g/mol. The minimum absolute atomic E-state index is 0.275. The van der Waals surface area contributed by atoms with Gasteiger partial charge in [0.25, 0.3) is 5.91 Å². The molecule has 8 heteroatoms. The summed E-state index contributed by atoms with van der Waals surface area (Å²) in [6, 6.07) is -1.20.